The summed E-state index contributed by atoms with van der Waals surface area (Å²) in [5.41, 5.74) is 2.17. The lowest BCUT2D eigenvalue weighted by Crippen LogP contribution is -2.15. The van der Waals surface area contributed by atoms with Gasteiger partial charge in [0.15, 0.2) is 0 Å². The number of rotatable bonds is 3. The number of methoxy groups -OCH3 is 1. The average Bonchev–Trinajstić information content (AvgIpc) is 2.52. The van der Waals surface area contributed by atoms with Crippen LogP contribution in [-0.4, -0.2) is 24.3 Å². The van der Waals surface area contributed by atoms with Crippen molar-refractivity contribution >= 4 is 12.1 Å². The van der Waals surface area contributed by atoms with Crippen molar-refractivity contribution < 1.29 is 24.2 Å². The van der Waals surface area contributed by atoms with Crippen LogP contribution in [0.1, 0.15) is 36.7 Å². The molecule has 0 fully saturated rings. The van der Waals surface area contributed by atoms with Gasteiger partial charge < -0.3 is 14.6 Å². The maximum absolute atomic E-state index is 12.2. The maximum atomic E-state index is 12.2. The molecule has 2 aromatic rings. The average molecular weight is 328 g/mol. The van der Waals surface area contributed by atoms with Crippen molar-refractivity contribution in [2.45, 2.75) is 26.2 Å². The van der Waals surface area contributed by atoms with E-state index in [1.165, 1.54) is 13.2 Å². The van der Waals surface area contributed by atoms with Crippen LogP contribution < -0.4 is 4.74 Å². The predicted octanol–water partition coefficient (Wildman–Crippen LogP) is 4.49. The topological polar surface area (TPSA) is 72.8 Å². The van der Waals surface area contributed by atoms with Gasteiger partial charge in [0.25, 0.3) is 0 Å². The quantitative estimate of drug-likeness (QED) is 0.663. The zero-order valence-corrected chi connectivity index (χ0v) is 14.1. The highest BCUT2D eigenvalue weighted by Crippen LogP contribution is 2.40. The predicted molar refractivity (Wildman–Crippen MR) is 90.6 cm³/mol. The van der Waals surface area contributed by atoms with Crippen molar-refractivity contribution in [3.63, 3.8) is 0 Å². The van der Waals surface area contributed by atoms with Gasteiger partial charge in [-0.1, -0.05) is 51.1 Å². The second-order valence-corrected chi connectivity index (χ2v) is 6.33. The maximum Gasteiger partial charge on any atom is 0.511 e. The molecule has 0 aliphatic rings. The van der Waals surface area contributed by atoms with Gasteiger partial charge in [-0.25, -0.2) is 9.59 Å². The van der Waals surface area contributed by atoms with E-state index in [9.17, 15) is 9.59 Å². The van der Waals surface area contributed by atoms with Crippen molar-refractivity contribution in [2.24, 2.45) is 0 Å². The van der Waals surface area contributed by atoms with Crippen LogP contribution in [0.2, 0.25) is 0 Å². The Labute approximate surface area is 140 Å². The lowest BCUT2D eigenvalue weighted by Gasteiger charge is -2.24. The molecule has 0 atom stereocenters. The summed E-state index contributed by atoms with van der Waals surface area (Å²) in [5, 5.41) is 9.02. The van der Waals surface area contributed by atoms with Crippen molar-refractivity contribution in [1.82, 2.24) is 0 Å². The molecule has 0 aliphatic heterocycles. The van der Waals surface area contributed by atoms with Crippen LogP contribution in [0.15, 0.2) is 42.5 Å². The molecule has 0 radical (unpaired) electrons. The fraction of sp³-hybridized carbons (Fsp3) is 0.263. The highest BCUT2D eigenvalue weighted by Gasteiger charge is 2.25. The molecule has 2 rings (SSSR count). The lowest BCUT2D eigenvalue weighted by molar-refractivity contribution is 0.0600. The number of carbonyl (C=O) groups excluding carboxylic acids is 1. The first kappa shape index (κ1) is 17.5. The van der Waals surface area contributed by atoms with Crippen molar-refractivity contribution in [3.8, 4) is 16.9 Å². The summed E-state index contributed by atoms with van der Waals surface area (Å²) in [5.74, 6) is -0.452. The minimum atomic E-state index is -1.44. The van der Waals surface area contributed by atoms with Crippen LogP contribution in [0.3, 0.4) is 0 Å². The number of ether oxygens (including phenoxy) is 2. The monoisotopic (exact) mass is 328 g/mol. The van der Waals surface area contributed by atoms with E-state index in [1.807, 2.05) is 45.0 Å². The van der Waals surface area contributed by atoms with E-state index < -0.39 is 12.1 Å². The molecule has 0 aromatic heterocycles. The standard InChI is InChI=1S/C19H20O5/c1-19(2,3)14-10-6-5-8-12(14)16-13(17(20)23-4)9-7-11-15(16)24-18(21)22/h5-11H,1-4H3,(H,21,22). The van der Waals surface area contributed by atoms with Gasteiger partial charge in [-0.2, -0.15) is 0 Å². The van der Waals surface area contributed by atoms with Crippen molar-refractivity contribution in [1.29, 1.82) is 0 Å². The third-order valence-electron chi connectivity index (χ3n) is 3.63. The van der Waals surface area contributed by atoms with E-state index in [0.717, 1.165) is 11.1 Å². The van der Waals surface area contributed by atoms with E-state index in [-0.39, 0.29) is 16.7 Å². The number of carboxylic acid groups (broad SMARTS) is 1. The summed E-state index contributed by atoms with van der Waals surface area (Å²) in [4.78, 5) is 23.2. The number of hydrogen-bond donors (Lipinski definition) is 1. The van der Waals surface area contributed by atoms with Gasteiger partial charge >= 0.3 is 12.1 Å². The van der Waals surface area contributed by atoms with Crippen molar-refractivity contribution in [2.75, 3.05) is 7.11 Å². The summed E-state index contributed by atoms with van der Waals surface area (Å²) in [6, 6.07) is 12.2. The largest absolute Gasteiger partial charge is 0.511 e. The highest BCUT2D eigenvalue weighted by molar-refractivity contribution is 6.00. The summed E-state index contributed by atoms with van der Waals surface area (Å²) in [6.45, 7) is 6.14. The van der Waals surface area contributed by atoms with E-state index in [4.69, 9.17) is 14.6 Å². The molecule has 0 aliphatic carbocycles. The van der Waals surface area contributed by atoms with Gasteiger partial charge in [-0.3, -0.25) is 0 Å². The Kier molecular flexibility index (Phi) is 4.93. The van der Waals surface area contributed by atoms with Crippen LogP contribution in [0, 0.1) is 0 Å². The van der Waals surface area contributed by atoms with Gasteiger partial charge in [0, 0.05) is 5.56 Å². The second-order valence-electron chi connectivity index (χ2n) is 6.33. The molecule has 0 unspecified atom stereocenters. The van der Waals surface area contributed by atoms with E-state index >= 15 is 0 Å². The lowest BCUT2D eigenvalue weighted by atomic mass is 9.81. The first-order chi connectivity index (χ1) is 11.3. The fourth-order valence-corrected chi connectivity index (χ4v) is 2.62. The number of benzene rings is 2. The first-order valence-corrected chi connectivity index (χ1v) is 7.47. The minimum absolute atomic E-state index is 0.0992. The molecule has 2 aromatic carbocycles. The zero-order chi connectivity index (χ0) is 17.9. The third kappa shape index (κ3) is 3.56. The number of esters is 1. The van der Waals surface area contributed by atoms with Gasteiger partial charge in [0.05, 0.1) is 12.7 Å². The zero-order valence-electron chi connectivity index (χ0n) is 14.1. The van der Waals surface area contributed by atoms with Crippen LogP contribution in [-0.2, 0) is 10.2 Å². The van der Waals surface area contributed by atoms with E-state index in [2.05, 4.69) is 0 Å². The Morgan fingerprint density at radius 1 is 1.00 bits per heavy atom. The van der Waals surface area contributed by atoms with Gasteiger partial charge in [0.2, 0.25) is 0 Å². The Morgan fingerprint density at radius 2 is 1.67 bits per heavy atom. The highest BCUT2D eigenvalue weighted by atomic mass is 16.7. The van der Waals surface area contributed by atoms with E-state index in [1.54, 1.807) is 12.1 Å². The molecule has 24 heavy (non-hydrogen) atoms. The minimum Gasteiger partial charge on any atom is -0.465 e. The van der Waals surface area contributed by atoms with Crippen molar-refractivity contribution in [3.05, 3.63) is 53.6 Å². The molecule has 1 N–H and O–H groups in total. The molecule has 5 nitrogen and oxygen atoms in total. The van der Waals surface area contributed by atoms with Gasteiger partial charge in [0.1, 0.15) is 5.75 Å². The Morgan fingerprint density at radius 3 is 2.25 bits per heavy atom. The molecule has 5 heteroatoms. The molecule has 126 valence electrons. The summed E-state index contributed by atoms with van der Waals surface area (Å²) >= 11 is 0. The van der Waals surface area contributed by atoms with Crippen LogP contribution in [0.25, 0.3) is 11.1 Å². The first-order valence-electron chi connectivity index (χ1n) is 7.47. The smallest absolute Gasteiger partial charge is 0.465 e. The summed E-state index contributed by atoms with van der Waals surface area (Å²) in [6.07, 6.45) is -1.44. The van der Waals surface area contributed by atoms with Crippen LogP contribution in [0.4, 0.5) is 4.79 Å². The van der Waals surface area contributed by atoms with Crippen LogP contribution >= 0.6 is 0 Å². The van der Waals surface area contributed by atoms with Gasteiger partial charge in [-0.15, -0.1) is 0 Å². The molecular weight excluding hydrogens is 308 g/mol. The third-order valence-corrected chi connectivity index (χ3v) is 3.63. The molecule has 0 spiro atoms. The summed E-state index contributed by atoms with van der Waals surface area (Å²) < 4.78 is 9.75. The molecular formula is C19H20O5. The molecule has 0 saturated heterocycles. The molecule has 0 amide bonds. The molecule has 0 heterocycles. The Bertz CT molecular complexity index is 772. The van der Waals surface area contributed by atoms with Gasteiger partial charge in [-0.05, 0) is 28.7 Å². The molecule has 0 bridgehead atoms. The SMILES string of the molecule is COC(=O)c1cccc(OC(=O)O)c1-c1ccccc1C(C)(C)C. The van der Waals surface area contributed by atoms with Crippen LogP contribution in [0.5, 0.6) is 5.75 Å². The number of carbonyl (C=O) groups is 2. The Balaban J connectivity index is 2.81. The molecule has 0 saturated carbocycles. The summed E-state index contributed by atoms with van der Waals surface area (Å²) in [7, 11) is 1.28. The van der Waals surface area contributed by atoms with E-state index in [0.29, 0.717) is 5.56 Å². The number of hydrogen-bond acceptors (Lipinski definition) is 4. The Hall–Kier alpha value is -2.82. The fourth-order valence-electron chi connectivity index (χ4n) is 2.62. The normalized spacial score (nSPS) is 11.0. The second kappa shape index (κ2) is 6.74.